The highest BCUT2D eigenvalue weighted by atomic mass is 16.5. The Hall–Kier alpha value is -0.240. The molecule has 0 aromatic rings. The van der Waals surface area contributed by atoms with Crippen molar-refractivity contribution in [2.45, 2.75) is 19.1 Å². The van der Waals surface area contributed by atoms with E-state index in [2.05, 4.69) is 22.4 Å². The largest absolute Gasteiger partial charge is 0.389 e. The Morgan fingerprint density at radius 3 is 2.50 bits per heavy atom. The van der Waals surface area contributed by atoms with Crippen molar-refractivity contribution in [3.63, 3.8) is 0 Å². The van der Waals surface area contributed by atoms with Gasteiger partial charge in [0.25, 0.3) is 0 Å². The molecule has 1 heterocycles. The second-order valence-corrected chi connectivity index (χ2v) is 4.91. The van der Waals surface area contributed by atoms with Crippen molar-refractivity contribution in [2.75, 3.05) is 60.1 Å². The summed E-state index contributed by atoms with van der Waals surface area (Å²) < 4.78 is 10.4. The van der Waals surface area contributed by atoms with Gasteiger partial charge in [0.2, 0.25) is 0 Å². The molecule has 18 heavy (non-hydrogen) atoms. The van der Waals surface area contributed by atoms with Crippen LogP contribution < -0.4 is 5.43 Å². The van der Waals surface area contributed by atoms with Gasteiger partial charge in [-0.25, -0.2) is 5.01 Å². The van der Waals surface area contributed by atoms with Crippen molar-refractivity contribution < 1.29 is 14.6 Å². The maximum Gasteiger partial charge on any atom is 0.0911 e. The average Bonchev–Trinajstić information content (AvgIpc) is 2.36. The third kappa shape index (κ3) is 6.63. The predicted molar refractivity (Wildman–Crippen MR) is 70.4 cm³/mol. The Balaban J connectivity index is 2.04. The first-order valence-electron chi connectivity index (χ1n) is 6.57. The highest BCUT2D eigenvalue weighted by Crippen LogP contribution is 1.97. The van der Waals surface area contributed by atoms with Gasteiger partial charge >= 0.3 is 0 Å². The number of methoxy groups -OCH3 is 1. The molecule has 6 heteroatoms. The Morgan fingerprint density at radius 2 is 1.89 bits per heavy atom. The molecule has 1 fully saturated rings. The van der Waals surface area contributed by atoms with Gasteiger partial charge in [-0.1, -0.05) is 0 Å². The summed E-state index contributed by atoms with van der Waals surface area (Å²) in [5, 5.41) is 11.9. The lowest BCUT2D eigenvalue weighted by atomic mass is 10.3. The molecule has 0 saturated carbocycles. The molecule has 0 spiro atoms. The molecule has 6 nitrogen and oxygen atoms in total. The number of rotatable bonds is 8. The van der Waals surface area contributed by atoms with Crippen molar-refractivity contribution in [1.29, 1.82) is 0 Å². The molecule has 108 valence electrons. The summed E-state index contributed by atoms with van der Waals surface area (Å²) >= 11 is 0. The van der Waals surface area contributed by atoms with Gasteiger partial charge in [0.05, 0.1) is 25.4 Å². The number of nitrogens with zero attached hydrogens (tertiary/aromatic N) is 2. The van der Waals surface area contributed by atoms with E-state index in [1.54, 1.807) is 7.11 Å². The Bertz CT molecular complexity index is 211. The van der Waals surface area contributed by atoms with E-state index in [-0.39, 0.29) is 6.10 Å². The lowest BCUT2D eigenvalue weighted by Crippen LogP contribution is -2.52. The lowest BCUT2D eigenvalue weighted by Gasteiger charge is -2.33. The van der Waals surface area contributed by atoms with E-state index in [4.69, 9.17) is 9.47 Å². The van der Waals surface area contributed by atoms with Crippen LogP contribution in [0.2, 0.25) is 0 Å². The zero-order chi connectivity index (χ0) is 13.4. The highest BCUT2D eigenvalue weighted by Gasteiger charge is 2.15. The second kappa shape index (κ2) is 8.79. The van der Waals surface area contributed by atoms with Crippen LogP contribution in [0.5, 0.6) is 0 Å². The van der Waals surface area contributed by atoms with Crippen LogP contribution in [0, 0.1) is 0 Å². The zero-order valence-corrected chi connectivity index (χ0v) is 11.8. The third-order valence-electron chi connectivity index (χ3n) is 3.03. The number of hydrogen-bond acceptors (Lipinski definition) is 6. The first-order valence-corrected chi connectivity index (χ1v) is 6.57. The molecule has 0 amide bonds. The molecule has 0 bridgehead atoms. The quantitative estimate of drug-likeness (QED) is 0.594. The molecule has 2 atom stereocenters. The van der Waals surface area contributed by atoms with E-state index in [0.717, 1.165) is 26.2 Å². The van der Waals surface area contributed by atoms with Crippen LogP contribution in [0.4, 0.5) is 0 Å². The topological polar surface area (TPSA) is 57.2 Å². The van der Waals surface area contributed by atoms with Gasteiger partial charge in [-0.05, 0) is 14.0 Å². The number of likely N-dealkylation sites (N-methyl/N-ethyl adjacent to an activating group) is 1. The SMILES string of the molecule is COCC(C)OCC(O)CNN1CCN(C)CC1. The third-order valence-corrected chi connectivity index (χ3v) is 3.03. The smallest absolute Gasteiger partial charge is 0.0911 e. The number of ether oxygens (including phenoxy) is 2. The fraction of sp³-hybridized carbons (Fsp3) is 1.00. The molecule has 0 aromatic carbocycles. The number of aliphatic hydroxyl groups excluding tert-OH is 1. The van der Waals surface area contributed by atoms with E-state index in [1.165, 1.54) is 0 Å². The van der Waals surface area contributed by atoms with Crippen LogP contribution in [0.15, 0.2) is 0 Å². The van der Waals surface area contributed by atoms with Crippen molar-refractivity contribution in [2.24, 2.45) is 0 Å². The summed E-state index contributed by atoms with van der Waals surface area (Å²) in [6, 6.07) is 0. The monoisotopic (exact) mass is 261 g/mol. The standard InChI is InChI=1S/C12H27N3O3/c1-11(9-17-3)18-10-12(16)8-13-15-6-4-14(2)5-7-15/h11-13,16H,4-10H2,1-3H3. The van der Waals surface area contributed by atoms with Gasteiger partial charge in [-0.2, -0.15) is 0 Å². The van der Waals surface area contributed by atoms with Gasteiger partial charge in [0, 0.05) is 39.8 Å². The van der Waals surface area contributed by atoms with Crippen molar-refractivity contribution in [3.05, 3.63) is 0 Å². The van der Waals surface area contributed by atoms with Crippen LogP contribution in [-0.4, -0.2) is 87.3 Å². The first-order chi connectivity index (χ1) is 8.61. The van der Waals surface area contributed by atoms with E-state index >= 15 is 0 Å². The van der Waals surface area contributed by atoms with Crippen LogP contribution in [0.25, 0.3) is 0 Å². The predicted octanol–water partition coefficient (Wildman–Crippen LogP) is -0.849. The average molecular weight is 261 g/mol. The van der Waals surface area contributed by atoms with Gasteiger partial charge in [0.15, 0.2) is 0 Å². The fourth-order valence-corrected chi connectivity index (χ4v) is 1.82. The van der Waals surface area contributed by atoms with Crippen LogP contribution in [0.1, 0.15) is 6.92 Å². The molecule has 2 unspecified atom stereocenters. The van der Waals surface area contributed by atoms with E-state index in [1.807, 2.05) is 6.92 Å². The summed E-state index contributed by atoms with van der Waals surface area (Å²) in [7, 11) is 3.77. The summed E-state index contributed by atoms with van der Waals surface area (Å²) in [6.07, 6.45) is -0.461. The number of hydrazine groups is 1. The number of hydrogen-bond donors (Lipinski definition) is 2. The number of aliphatic hydroxyl groups is 1. The van der Waals surface area contributed by atoms with E-state index in [0.29, 0.717) is 19.8 Å². The molecule has 0 radical (unpaired) electrons. The van der Waals surface area contributed by atoms with Crippen LogP contribution >= 0.6 is 0 Å². The Labute approximate surface area is 110 Å². The normalized spacial score (nSPS) is 22.0. The molecule has 1 rings (SSSR count). The number of piperazine rings is 1. The van der Waals surface area contributed by atoms with Crippen LogP contribution in [0.3, 0.4) is 0 Å². The minimum Gasteiger partial charge on any atom is -0.389 e. The summed E-state index contributed by atoms with van der Waals surface area (Å²) in [4.78, 5) is 2.30. The van der Waals surface area contributed by atoms with Crippen molar-refractivity contribution in [3.8, 4) is 0 Å². The zero-order valence-electron chi connectivity index (χ0n) is 11.8. The molecule has 0 aliphatic carbocycles. The van der Waals surface area contributed by atoms with Gasteiger partial charge < -0.3 is 19.5 Å². The van der Waals surface area contributed by atoms with E-state index < -0.39 is 6.10 Å². The summed E-state index contributed by atoms with van der Waals surface area (Å²) in [5.41, 5.74) is 3.24. The summed E-state index contributed by atoms with van der Waals surface area (Å²) in [5.74, 6) is 0. The molecule has 1 aliphatic heterocycles. The molecule has 1 aliphatic rings. The molecular formula is C12H27N3O3. The van der Waals surface area contributed by atoms with Crippen molar-refractivity contribution >= 4 is 0 Å². The van der Waals surface area contributed by atoms with Crippen molar-refractivity contribution in [1.82, 2.24) is 15.3 Å². The second-order valence-electron chi connectivity index (χ2n) is 4.91. The minimum absolute atomic E-state index is 0.0216. The van der Waals surface area contributed by atoms with Gasteiger partial charge in [-0.3, -0.25) is 5.43 Å². The molecular weight excluding hydrogens is 234 g/mol. The molecule has 2 N–H and O–H groups in total. The maximum absolute atomic E-state index is 9.78. The Morgan fingerprint density at radius 1 is 1.22 bits per heavy atom. The first kappa shape index (κ1) is 15.8. The van der Waals surface area contributed by atoms with Crippen LogP contribution in [-0.2, 0) is 9.47 Å². The number of nitrogens with one attached hydrogen (secondary N) is 1. The fourth-order valence-electron chi connectivity index (χ4n) is 1.82. The molecule has 1 saturated heterocycles. The maximum atomic E-state index is 9.78. The highest BCUT2D eigenvalue weighted by molar-refractivity contribution is 4.67. The minimum atomic E-state index is -0.482. The lowest BCUT2D eigenvalue weighted by molar-refractivity contribution is -0.0371. The summed E-state index contributed by atoms with van der Waals surface area (Å²) in [6.45, 7) is 7.46. The van der Waals surface area contributed by atoms with Gasteiger partial charge in [-0.15, -0.1) is 0 Å². The molecule has 0 aromatic heterocycles. The Kier molecular flexibility index (Phi) is 7.73. The van der Waals surface area contributed by atoms with Gasteiger partial charge in [0.1, 0.15) is 0 Å². The van der Waals surface area contributed by atoms with E-state index in [9.17, 15) is 5.11 Å².